The van der Waals surface area contributed by atoms with Crippen LogP contribution >= 0.6 is 0 Å². The molecule has 3 heteroatoms. The maximum Gasteiger partial charge on any atom is 0.118 e. The number of nitrogens with one attached hydrogen (secondary N) is 1. The molecule has 0 amide bonds. The first-order chi connectivity index (χ1) is 7.18. The van der Waals surface area contributed by atoms with Gasteiger partial charge in [-0.15, -0.1) is 0 Å². The second kappa shape index (κ2) is 3.77. The summed E-state index contributed by atoms with van der Waals surface area (Å²) in [5.74, 6) is 0.362. The standard InChI is InChI=1S/C12H14N2O/c1-8-9(2)12(15)4-3-10(8)5-11-6-13-7-14-11/h3-4,6-7,15H,5H2,1-2H3,(H,13,14). The number of phenols is 1. The molecule has 0 bridgehead atoms. The number of imidazole rings is 1. The van der Waals surface area contributed by atoms with Crippen LogP contribution < -0.4 is 0 Å². The van der Waals surface area contributed by atoms with Crippen LogP contribution in [0.1, 0.15) is 22.4 Å². The average molecular weight is 202 g/mol. The van der Waals surface area contributed by atoms with Crippen molar-refractivity contribution in [3.63, 3.8) is 0 Å². The van der Waals surface area contributed by atoms with Crippen LogP contribution in [0.5, 0.6) is 5.75 Å². The summed E-state index contributed by atoms with van der Waals surface area (Å²) in [6.45, 7) is 3.96. The fourth-order valence-electron chi connectivity index (χ4n) is 1.64. The molecule has 1 aromatic heterocycles. The van der Waals surface area contributed by atoms with Gasteiger partial charge in [0.15, 0.2) is 0 Å². The molecule has 0 saturated heterocycles. The van der Waals surface area contributed by atoms with Crippen molar-refractivity contribution in [3.05, 3.63) is 47.0 Å². The number of phenolic OH excluding ortho intramolecular Hbond substituents is 1. The number of nitrogens with zero attached hydrogens (tertiary/aromatic N) is 1. The van der Waals surface area contributed by atoms with Gasteiger partial charge < -0.3 is 10.1 Å². The predicted octanol–water partition coefficient (Wildman–Crippen LogP) is 2.32. The monoisotopic (exact) mass is 202 g/mol. The Bertz CT molecular complexity index is 461. The molecule has 0 atom stereocenters. The Balaban J connectivity index is 2.34. The molecule has 3 nitrogen and oxygen atoms in total. The number of H-pyrrole nitrogens is 1. The van der Waals surface area contributed by atoms with Gasteiger partial charge in [-0.3, -0.25) is 0 Å². The van der Waals surface area contributed by atoms with E-state index in [0.29, 0.717) is 5.75 Å². The molecule has 0 aliphatic heterocycles. The van der Waals surface area contributed by atoms with Gasteiger partial charge in [0.1, 0.15) is 5.75 Å². The van der Waals surface area contributed by atoms with E-state index in [9.17, 15) is 5.11 Å². The van der Waals surface area contributed by atoms with E-state index in [2.05, 4.69) is 9.97 Å². The topological polar surface area (TPSA) is 48.9 Å². The van der Waals surface area contributed by atoms with E-state index in [-0.39, 0.29) is 0 Å². The van der Waals surface area contributed by atoms with Crippen molar-refractivity contribution in [2.75, 3.05) is 0 Å². The Labute approximate surface area is 88.8 Å². The van der Waals surface area contributed by atoms with Gasteiger partial charge in [-0.25, -0.2) is 4.98 Å². The number of rotatable bonds is 2. The van der Waals surface area contributed by atoms with Gasteiger partial charge in [0.2, 0.25) is 0 Å². The van der Waals surface area contributed by atoms with Gasteiger partial charge in [0.05, 0.1) is 6.33 Å². The molecular weight excluding hydrogens is 188 g/mol. The maximum absolute atomic E-state index is 9.53. The summed E-state index contributed by atoms with van der Waals surface area (Å²) in [5.41, 5.74) is 4.40. The molecule has 0 aliphatic carbocycles. The predicted molar refractivity (Wildman–Crippen MR) is 59.0 cm³/mol. The molecule has 1 heterocycles. The van der Waals surface area contributed by atoms with E-state index in [4.69, 9.17) is 0 Å². The van der Waals surface area contributed by atoms with Crippen molar-refractivity contribution in [3.8, 4) is 5.75 Å². The molecule has 15 heavy (non-hydrogen) atoms. The third kappa shape index (κ3) is 1.86. The van der Waals surface area contributed by atoms with E-state index >= 15 is 0 Å². The zero-order chi connectivity index (χ0) is 10.8. The van der Waals surface area contributed by atoms with Gasteiger partial charge in [0.25, 0.3) is 0 Å². The third-order valence-corrected chi connectivity index (χ3v) is 2.81. The Hall–Kier alpha value is -1.77. The molecular formula is C12H14N2O. The van der Waals surface area contributed by atoms with E-state index in [0.717, 1.165) is 23.2 Å². The summed E-state index contributed by atoms with van der Waals surface area (Å²) in [6.07, 6.45) is 4.33. The largest absolute Gasteiger partial charge is 0.508 e. The molecule has 0 radical (unpaired) electrons. The Morgan fingerprint density at radius 3 is 2.73 bits per heavy atom. The van der Waals surface area contributed by atoms with Crippen molar-refractivity contribution in [1.82, 2.24) is 9.97 Å². The average Bonchev–Trinajstić information content (AvgIpc) is 2.72. The lowest BCUT2D eigenvalue weighted by molar-refractivity contribution is 0.470. The molecule has 0 fully saturated rings. The first-order valence-electron chi connectivity index (χ1n) is 4.94. The molecule has 0 spiro atoms. The number of aromatic nitrogens is 2. The Morgan fingerprint density at radius 2 is 2.07 bits per heavy atom. The van der Waals surface area contributed by atoms with Crippen molar-refractivity contribution in [2.24, 2.45) is 0 Å². The normalized spacial score (nSPS) is 10.5. The lowest BCUT2D eigenvalue weighted by atomic mass is 9.99. The first-order valence-corrected chi connectivity index (χ1v) is 4.94. The van der Waals surface area contributed by atoms with Crippen LogP contribution in [0.15, 0.2) is 24.7 Å². The molecule has 78 valence electrons. The first kappa shape index (κ1) is 9.77. The van der Waals surface area contributed by atoms with Crippen molar-refractivity contribution in [1.29, 1.82) is 0 Å². The molecule has 0 aliphatic rings. The number of aromatic amines is 1. The van der Waals surface area contributed by atoms with Crippen LogP contribution in [0.3, 0.4) is 0 Å². The van der Waals surface area contributed by atoms with Crippen LogP contribution in [0.2, 0.25) is 0 Å². The summed E-state index contributed by atoms with van der Waals surface area (Å²) in [4.78, 5) is 7.06. The Morgan fingerprint density at radius 1 is 1.27 bits per heavy atom. The highest BCUT2D eigenvalue weighted by atomic mass is 16.3. The third-order valence-electron chi connectivity index (χ3n) is 2.81. The van der Waals surface area contributed by atoms with Gasteiger partial charge in [-0.1, -0.05) is 6.07 Å². The van der Waals surface area contributed by atoms with E-state index in [1.165, 1.54) is 5.56 Å². The van der Waals surface area contributed by atoms with Crippen molar-refractivity contribution >= 4 is 0 Å². The molecule has 2 aromatic rings. The minimum Gasteiger partial charge on any atom is -0.508 e. The van der Waals surface area contributed by atoms with Crippen LogP contribution in [0, 0.1) is 13.8 Å². The van der Waals surface area contributed by atoms with Crippen LogP contribution in [0.25, 0.3) is 0 Å². The fourth-order valence-corrected chi connectivity index (χ4v) is 1.64. The summed E-state index contributed by atoms with van der Waals surface area (Å²) in [7, 11) is 0. The quantitative estimate of drug-likeness (QED) is 0.785. The van der Waals surface area contributed by atoms with E-state index in [1.807, 2.05) is 26.1 Å². The summed E-state index contributed by atoms with van der Waals surface area (Å²) >= 11 is 0. The molecule has 0 unspecified atom stereocenters. The van der Waals surface area contributed by atoms with Gasteiger partial charge in [-0.2, -0.15) is 0 Å². The zero-order valence-corrected chi connectivity index (χ0v) is 8.91. The number of benzene rings is 1. The van der Waals surface area contributed by atoms with Crippen molar-refractivity contribution < 1.29 is 5.11 Å². The molecule has 1 aromatic carbocycles. The van der Waals surface area contributed by atoms with E-state index in [1.54, 1.807) is 12.4 Å². The van der Waals surface area contributed by atoms with Crippen LogP contribution in [0.4, 0.5) is 0 Å². The van der Waals surface area contributed by atoms with Crippen LogP contribution in [-0.2, 0) is 6.42 Å². The second-order valence-corrected chi connectivity index (χ2v) is 3.75. The Kier molecular flexibility index (Phi) is 2.46. The lowest BCUT2D eigenvalue weighted by Gasteiger charge is -2.09. The van der Waals surface area contributed by atoms with Gasteiger partial charge >= 0.3 is 0 Å². The van der Waals surface area contributed by atoms with Crippen LogP contribution in [-0.4, -0.2) is 15.1 Å². The number of hydrogen-bond donors (Lipinski definition) is 2. The summed E-state index contributed by atoms with van der Waals surface area (Å²) in [5, 5.41) is 9.53. The lowest BCUT2D eigenvalue weighted by Crippen LogP contribution is -1.94. The number of aromatic hydroxyl groups is 1. The minimum absolute atomic E-state index is 0.362. The second-order valence-electron chi connectivity index (χ2n) is 3.75. The van der Waals surface area contributed by atoms with Gasteiger partial charge in [0, 0.05) is 18.3 Å². The van der Waals surface area contributed by atoms with Crippen molar-refractivity contribution in [2.45, 2.75) is 20.3 Å². The smallest absolute Gasteiger partial charge is 0.118 e. The highest BCUT2D eigenvalue weighted by molar-refractivity contribution is 5.43. The fraction of sp³-hybridized carbons (Fsp3) is 0.250. The number of hydrogen-bond acceptors (Lipinski definition) is 2. The van der Waals surface area contributed by atoms with E-state index < -0.39 is 0 Å². The molecule has 0 saturated carbocycles. The molecule has 2 rings (SSSR count). The summed E-state index contributed by atoms with van der Waals surface area (Å²) in [6, 6.07) is 3.70. The SMILES string of the molecule is Cc1c(O)ccc(Cc2cnc[nH]2)c1C. The highest BCUT2D eigenvalue weighted by Gasteiger charge is 2.06. The highest BCUT2D eigenvalue weighted by Crippen LogP contribution is 2.23. The summed E-state index contributed by atoms with van der Waals surface area (Å²) < 4.78 is 0. The maximum atomic E-state index is 9.53. The zero-order valence-electron chi connectivity index (χ0n) is 8.91. The molecule has 2 N–H and O–H groups in total. The van der Waals surface area contributed by atoms with Gasteiger partial charge in [-0.05, 0) is 36.6 Å². The minimum atomic E-state index is 0.362.